The van der Waals surface area contributed by atoms with Crippen LogP contribution in [0.15, 0.2) is 29.3 Å². The van der Waals surface area contributed by atoms with Crippen molar-refractivity contribution in [3.05, 3.63) is 24.3 Å². The number of carbonyl (C=O) groups excluding carboxylic acids is 1. The summed E-state index contributed by atoms with van der Waals surface area (Å²) in [6.07, 6.45) is 4.02. The smallest absolute Gasteiger partial charge is 0.220 e. The Hall–Kier alpha value is -2.48. The maximum absolute atomic E-state index is 11.3. The molecule has 2 fully saturated rings. The molecule has 0 aliphatic carbocycles. The molecular formula is C24H40N6O2. The van der Waals surface area contributed by atoms with Gasteiger partial charge in [0.2, 0.25) is 5.91 Å². The molecule has 178 valence electrons. The van der Waals surface area contributed by atoms with Crippen molar-refractivity contribution in [3.63, 3.8) is 0 Å². The summed E-state index contributed by atoms with van der Waals surface area (Å²) in [4.78, 5) is 23.4. The number of nitrogens with two attached hydrogens (primary N) is 1. The number of anilines is 1. The Labute approximate surface area is 192 Å². The Bertz CT molecular complexity index is 723. The topological polar surface area (TPSA) is 86.4 Å². The van der Waals surface area contributed by atoms with Crippen LogP contribution in [0.4, 0.5) is 5.69 Å². The van der Waals surface area contributed by atoms with Gasteiger partial charge in [-0.15, -0.1) is 0 Å². The van der Waals surface area contributed by atoms with E-state index in [0.717, 1.165) is 96.3 Å². The van der Waals surface area contributed by atoms with Crippen molar-refractivity contribution in [1.82, 2.24) is 15.1 Å². The number of guanidine groups is 1. The summed E-state index contributed by atoms with van der Waals surface area (Å²) in [5, 5.41) is 3.46. The molecule has 0 spiro atoms. The average molecular weight is 445 g/mol. The molecule has 2 heterocycles. The minimum Gasteiger partial charge on any atom is -0.497 e. The molecule has 1 aromatic rings. The fraction of sp³-hybridized carbons (Fsp3) is 0.667. The van der Waals surface area contributed by atoms with Gasteiger partial charge in [0, 0.05) is 50.9 Å². The van der Waals surface area contributed by atoms with E-state index in [-0.39, 0.29) is 11.8 Å². The molecule has 0 bridgehead atoms. The standard InChI is InChI=1S/C24H40N6O2/c1-3-26-24(27-12-4-5-13-28-14-10-20(11-15-28)23(25)31)30-18-16-29(17-19-30)21-6-8-22(32-2)9-7-21/h6-9,20H,3-5,10-19H2,1-2H3,(H2,25,31)(H,26,27). The Morgan fingerprint density at radius 1 is 1.09 bits per heavy atom. The van der Waals surface area contributed by atoms with E-state index >= 15 is 0 Å². The lowest BCUT2D eigenvalue weighted by Gasteiger charge is -2.37. The normalized spacial score (nSPS) is 18.6. The summed E-state index contributed by atoms with van der Waals surface area (Å²) in [6.45, 7) is 10.8. The lowest BCUT2D eigenvalue weighted by atomic mass is 9.96. The summed E-state index contributed by atoms with van der Waals surface area (Å²) in [5.41, 5.74) is 6.67. The molecule has 32 heavy (non-hydrogen) atoms. The van der Waals surface area contributed by atoms with E-state index < -0.39 is 0 Å². The lowest BCUT2D eigenvalue weighted by Crippen LogP contribution is -2.52. The Morgan fingerprint density at radius 3 is 2.38 bits per heavy atom. The van der Waals surface area contributed by atoms with Crippen molar-refractivity contribution in [2.45, 2.75) is 32.6 Å². The van der Waals surface area contributed by atoms with Crippen LogP contribution in [0.5, 0.6) is 5.75 Å². The van der Waals surface area contributed by atoms with Crippen molar-refractivity contribution >= 4 is 17.6 Å². The van der Waals surface area contributed by atoms with E-state index in [2.05, 4.69) is 39.1 Å². The molecule has 0 aromatic heterocycles. The summed E-state index contributed by atoms with van der Waals surface area (Å²) >= 11 is 0. The second-order valence-corrected chi connectivity index (χ2v) is 8.63. The Kier molecular flexibility index (Phi) is 9.46. The van der Waals surface area contributed by atoms with Crippen LogP contribution in [0.1, 0.15) is 32.6 Å². The molecule has 0 radical (unpaired) electrons. The molecule has 1 amide bonds. The number of hydrogen-bond donors (Lipinski definition) is 2. The number of piperidine rings is 1. The summed E-state index contributed by atoms with van der Waals surface area (Å²) in [7, 11) is 1.70. The number of aliphatic imine (C=N–C) groups is 1. The molecule has 3 N–H and O–H groups in total. The first-order valence-electron chi connectivity index (χ1n) is 12.0. The quantitative estimate of drug-likeness (QED) is 0.343. The molecule has 8 nitrogen and oxygen atoms in total. The third kappa shape index (κ3) is 7.02. The first-order valence-corrected chi connectivity index (χ1v) is 12.0. The number of amides is 1. The van der Waals surface area contributed by atoms with Crippen molar-refractivity contribution in [3.8, 4) is 5.75 Å². The van der Waals surface area contributed by atoms with Crippen LogP contribution in [0.2, 0.25) is 0 Å². The number of primary amides is 1. The molecule has 0 atom stereocenters. The molecule has 8 heteroatoms. The van der Waals surface area contributed by atoms with E-state index in [9.17, 15) is 4.79 Å². The van der Waals surface area contributed by atoms with Crippen LogP contribution in [0.3, 0.4) is 0 Å². The number of ether oxygens (including phenoxy) is 1. The molecule has 1 aromatic carbocycles. The van der Waals surface area contributed by atoms with E-state index in [0.29, 0.717) is 0 Å². The Balaban J connectivity index is 1.38. The fourth-order valence-corrected chi connectivity index (χ4v) is 4.47. The van der Waals surface area contributed by atoms with E-state index in [1.807, 2.05) is 12.1 Å². The number of hydrogen-bond acceptors (Lipinski definition) is 5. The number of methoxy groups -OCH3 is 1. The molecular weight excluding hydrogens is 404 g/mol. The van der Waals surface area contributed by atoms with Gasteiger partial charge in [-0.1, -0.05) is 0 Å². The molecule has 0 unspecified atom stereocenters. The summed E-state index contributed by atoms with van der Waals surface area (Å²) in [6, 6.07) is 8.30. The highest BCUT2D eigenvalue weighted by Crippen LogP contribution is 2.20. The third-order valence-corrected chi connectivity index (χ3v) is 6.49. The fourth-order valence-electron chi connectivity index (χ4n) is 4.47. The van der Waals surface area contributed by atoms with E-state index in [4.69, 9.17) is 15.5 Å². The van der Waals surface area contributed by atoms with E-state index in [1.54, 1.807) is 7.11 Å². The number of rotatable bonds is 9. The number of nitrogens with one attached hydrogen (secondary N) is 1. The van der Waals surface area contributed by atoms with Gasteiger partial charge in [0.15, 0.2) is 5.96 Å². The van der Waals surface area contributed by atoms with E-state index in [1.165, 1.54) is 5.69 Å². The van der Waals surface area contributed by atoms with Crippen LogP contribution in [-0.4, -0.2) is 87.7 Å². The SMILES string of the molecule is CCNC(=NCCCCN1CCC(C(N)=O)CC1)N1CCN(c2ccc(OC)cc2)CC1. The number of likely N-dealkylation sites (tertiary alicyclic amines) is 1. The van der Waals surface area contributed by atoms with Gasteiger partial charge in [0.1, 0.15) is 5.75 Å². The first-order chi connectivity index (χ1) is 15.6. The number of nitrogens with zero attached hydrogens (tertiary/aromatic N) is 4. The third-order valence-electron chi connectivity index (χ3n) is 6.49. The zero-order valence-corrected chi connectivity index (χ0v) is 19.8. The predicted octanol–water partition coefficient (Wildman–Crippen LogP) is 1.76. The molecule has 0 saturated carbocycles. The average Bonchev–Trinajstić information content (AvgIpc) is 2.83. The highest BCUT2D eigenvalue weighted by molar-refractivity contribution is 5.80. The number of unbranched alkanes of at least 4 members (excludes halogenated alkanes) is 1. The molecule has 2 aliphatic heterocycles. The predicted molar refractivity (Wildman–Crippen MR) is 130 cm³/mol. The van der Waals surface area contributed by atoms with Gasteiger partial charge in [-0.2, -0.15) is 0 Å². The summed E-state index contributed by atoms with van der Waals surface area (Å²) < 4.78 is 5.26. The van der Waals surface area contributed by atoms with Gasteiger partial charge in [-0.25, -0.2) is 0 Å². The zero-order chi connectivity index (χ0) is 22.8. The van der Waals surface area contributed by atoms with Gasteiger partial charge in [0.05, 0.1) is 7.11 Å². The van der Waals surface area contributed by atoms with Crippen LogP contribution in [0, 0.1) is 5.92 Å². The second-order valence-electron chi connectivity index (χ2n) is 8.63. The van der Waals surface area contributed by atoms with Gasteiger partial charge in [0.25, 0.3) is 0 Å². The minimum atomic E-state index is -0.139. The molecule has 3 rings (SSSR count). The van der Waals surface area contributed by atoms with Crippen molar-refractivity contribution in [2.24, 2.45) is 16.6 Å². The van der Waals surface area contributed by atoms with Crippen molar-refractivity contribution < 1.29 is 9.53 Å². The summed E-state index contributed by atoms with van der Waals surface area (Å²) in [5.74, 6) is 1.86. The minimum absolute atomic E-state index is 0.0729. The van der Waals surface area contributed by atoms with Gasteiger partial charge in [-0.3, -0.25) is 9.79 Å². The maximum Gasteiger partial charge on any atom is 0.220 e. The first kappa shape index (κ1) is 24.2. The number of piperazine rings is 1. The Morgan fingerprint density at radius 2 is 1.78 bits per heavy atom. The van der Waals surface area contributed by atoms with Gasteiger partial charge >= 0.3 is 0 Å². The van der Waals surface area contributed by atoms with Crippen molar-refractivity contribution in [1.29, 1.82) is 0 Å². The lowest BCUT2D eigenvalue weighted by molar-refractivity contribution is -0.123. The van der Waals surface area contributed by atoms with Crippen LogP contribution >= 0.6 is 0 Å². The maximum atomic E-state index is 11.3. The zero-order valence-electron chi connectivity index (χ0n) is 19.8. The molecule has 2 saturated heterocycles. The van der Waals surface area contributed by atoms with Crippen LogP contribution in [0.25, 0.3) is 0 Å². The molecule has 2 aliphatic rings. The van der Waals surface area contributed by atoms with Crippen molar-refractivity contribution in [2.75, 3.05) is 70.9 Å². The van der Waals surface area contributed by atoms with Gasteiger partial charge < -0.3 is 30.5 Å². The highest BCUT2D eigenvalue weighted by Gasteiger charge is 2.23. The largest absolute Gasteiger partial charge is 0.497 e. The van der Waals surface area contributed by atoms with Gasteiger partial charge in [-0.05, 0) is 76.5 Å². The van der Waals surface area contributed by atoms with Crippen LogP contribution in [-0.2, 0) is 4.79 Å². The monoisotopic (exact) mass is 444 g/mol. The highest BCUT2D eigenvalue weighted by atomic mass is 16.5. The van der Waals surface area contributed by atoms with Crippen LogP contribution < -0.4 is 20.7 Å². The number of carbonyl (C=O) groups is 1. The second kappa shape index (κ2) is 12.5. The number of benzene rings is 1.